The zero-order chi connectivity index (χ0) is 22.9. The minimum atomic E-state index is -4.78. The van der Waals surface area contributed by atoms with Gasteiger partial charge in [0.2, 0.25) is 0 Å². The lowest BCUT2D eigenvalue weighted by atomic mass is 9.85. The van der Waals surface area contributed by atoms with Crippen LogP contribution in [0.15, 0.2) is 60.7 Å². The van der Waals surface area contributed by atoms with Crippen molar-refractivity contribution in [2.45, 2.75) is 39.0 Å². The van der Waals surface area contributed by atoms with Gasteiger partial charge in [0.1, 0.15) is 17.4 Å². The van der Waals surface area contributed by atoms with Crippen LogP contribution < -0.4 is 4.74 Å². The predicted octanol–water partition coefficient (Wildman–Crippen LogP) is 7.67. The van der Waals surface area contributed by atoms with Crippen molar-refractivity contribution in [3.05, 3.63) is 94.6 Å². The third-order valence-corrected chi connectivity index (χ3v) is 5.56. The number of aryl methyl sites for hydroxylation is 1. The smallest absolute Gasteiger partial charge is 0.406 e. The number of hydrogen-bond donors (Lipinski definition) is 0. The van der Waals surface area contributed by atoms with Gasteiger partial charge in [0, 0.05) is 11.1 Å². The number of allylic oxidation sites excluding steroid dienone is 2. The summed E-state index contributed by atoms with van der Waals surface area (Å²) in [6, 6.07) is 13.5. The molecule has 6 heteroatoms. The highest BCUT2D eigenvalue weighted by Crippen LogP contribution is 2.34. The summed E-state index contributed by atoms with van der Waals surface area (Å²) < 4.78 is 70.4. The molecule has 0 fully saturated rings. The highest BCUT2D eigenvalue weighted by atomic mass is 19.4. The van der Waals surface area contributed by atoms with Crippen molar-refractivity contribution in [1.29, 1.82) is 0 Å². The predicted molar refractivity (Wildman–Crippen MR) is 114 cm³/mol. The summed E-state index contributed by atoms with van der Waals surface area (Å²) in [5.74, 6) is -1.11. The maximum absolute atomic E-state index is 14.9. The van der Waals surface area contributed by atoms with E-state index in [2.05, 4.69) is 4.74 Å². The van der Waals surface area contributed by atoms with Gasteiger partial charge in [-0.05, 0) is 77.4 Å². The second kappa shape index (κ2) is 8.77. The molecule has 0 spiro atoms. The Morgan fingerprint density at radius 1 is 0.844 bits per heavy atom. The molecule has 0 bridgehead atoms. The molecule has 166 valence electrons. The largest absolute Gasteiger partial charge is 0.573 e. The number of halogens is 5. The summed E-state index contributed by atoms with van der Waals surface area (Å²) >= 11 is 0. The standard InChI is InChI=1S/C26H21F5O/c1-2-3-16-4-11-22(24(27)12-16)19-6-5-18-14-23(25(28)15-20(18)13-19)17-7-9-21(10-8-17)32-26(29,30)31/h4,6-12,14-15H,2-3,5,13H2,1H3. The molecule has 4 rings (SSSR count). The molecule has 1 aliphatic rings. The van der Waals surface area contributed by atoms with Crippen molar-refractivity contribution in [2.24, 2.45) is 0 Å². The summed E-state index contributed by atoms with van der Waals surface area (Å²) in [6.45, 7) is 2.04. The fraction of sp³-hybridized carbons (Fsp3) is 0.231. The van der Waals surface area contributed by atoms with Crippen molar-refractivity contribution in [2.75, 3.05) is 0 Å². The van der Waals surface area contributed by atoms with E-state index in [4.69, 9.17) is 0 Å². The van der Waals surface area contributed by atoms with Gasteiger partial charge in [0.15, 0.2) is 0 Å². The van der Waals surface area contributed by atoms with E-state index in [1.807, 2.05) is 19.1 Å². The normalized spacial score (nSPS) is 13.5. The van der Waals surface area contributed by atoms with E-state index in [1.165, 1.54) is 18.2 Å². The lowest BCUT2D eigenvalue weighted by Crippen LogP contribution is -2.16. The van der Waals surface area contributed by atoms with Gasteiger partial charge in [-0.2, -0.15) is 0 Å². The van der Waals surface area contributed by atoms with Gasteiger partial charge in [0.05, 0.1) is 0 Å². The third-order valence-electron chi connectivity index (χ3n) is 5.56. The van der Waals surface area contributed by atoms with Crippen LogP contribution in [-0.4, -0.2) is 6.36 Å². The van der Waals surface area contributed by atoms with E-state index in [-0.39, 0.29) is 11.6 Å². The molecule has 3 aromatic carbocycles. The Morgan fingerprint density at radius 2 is 1.56 bits per heavy atom. The van der Waals surface area contributed by atoms with Crippen LogP contribution in [0.25, 0.3) is 16.7 Å². The summed E-state index contributed by atoms with van der Waals surface area (Å²) in [6.07, 6.45) is -0.149. The number of ether oxygens (including phenoxy) is 1. The minimum Gasteiger partial charge on any atom is -0.406 e. The van der Waals surface area contributed by atoms with Gasteiger partial charge < -0.3 is 4.74 Å². The zero-order valence-electron chi connectivity index (χ0n) is 17.4. The van der Waals surface area contributed by atoms with E-state index >= 15 is 0 Å². The fourth-order valence-corrected chi connectivity index (χ4v) is 4.05. The Morgan fingerprint density at radius 3 is 2.22 bits per heavy atom. The topological polar surface area (TPSA) is 9.23 Å². The molecule has 0 saturated carbocycles. The second-order valence-corrected chi connectivity index (χ2v) is 7.85. The van der Waals surface area contributed by atoms with Gasteiger partial charge in [-0.15, -0.1) is 13.2 Å². The van der Waals surface area contributed by atoms with Crippen LogP contribution in [0.4, 0.5) is 22.0 Å². The van der Waals surface area contributed by atoms with E-state index < -0.39 is 12.2 Å². The lowest BCUT2D eigenvalue weighted by molar-refractivity contribution is -0.274. The van der Waals surface area contributed by atoms with Gasteiger partial charge in [-0.1, -0.05) is 43.7 Å². The molecule has 32 heavy (non-hydrogen) atoms. The highest BCUT2D eigenvalue weighted by Gasteiger charge is 2.31. The molecule has 0 saturated heterocycles. The van der Waals surface area contributed by atoms with Crippen LogP contribution in [0.3, 0.4) is 0 Å². The minimum absolute atomic E-state index is 0.274. The van der Waals surface area contributed by atoms with Gasteiger partial charge in [-0.3, -0.25) is 0 Å². The molecular weight excluding hydrogens is 423 g/mol. The van der Waals surface area contributed by atoms with E-state index in [0.29, 0.717) is 29.5 Å². The maximum Gasteiger partial charge on any atom is 0.573 e. The molecular formula is C26H21F5O. The highest BCUT2D eigenvalue weighted by molar-refractivity contribution is 5.73. The number of rotatable bonds is 5. The number of hydrogen-bond acceptors (Lipinski definition) is 1. The number of fused-ring (bicyclic) bond motifs is 1. The monoisotopic (exact) mass is 444 g/mol. The molecule has 1 nitrogen and oxygen atoms in total. The molecule has 0 N–H and O–H groups in total. The summed E-state index contributed by atoms with van der Waals surface area (Å²) in [7, 11) is 0. The number of alkyl halides is 3. The molecule has 0 aliphatic heterocycles. The Bertz CT molecular complexity index is 1160. The Balaban J connectivity index is 1.58. The molecule has 0 radical (unpaired) electrons. The average molecular weight is 444 g/mol. The van der Waals surface area contributed by atoms with E-state index in [9.17, 15) is 22.0 Å². The van der Waals surface area contributed by atoms with Gasteiger partial charge in [0.25, 0.3) is 0 Å². The maximum atomic E-state index is 14.9. The molecule has 1 aliphatic carbocycles. The Kier molecular flexibility index (Phi) is 6.04. The van der Waals surface area contributed by atoms with Crippen molar-refractivity contribution in [3.8, 4) is 16.9 Å². The van der Waals surface area contributed by atoms with Gasteiger partial charge >= 0.3 is 6.36 Å². The first kappa shape index (κ1) is 22.1. The SMILES string of the molecule is CCCc1ccc(C2=CCc3cc(-c4ccc(OC(F)(F)F)cc4)c(F)cc3C2)c(F)c1. The van der Waals surface area contributed by atoms with Crippen LogP contribution in [0, 0.1) is 11.6 Å². The van der Waals surface area contributed by atoms with E-state index in [0.717, 1.165) is 47.2 Å². The summed E-state index contributed by atoms with van der Waals surface area (Å²) in [5.41, 5.74) is 4.73. The molecule has 0 unspecified atom stereocenters. The lowest BCUT2D eigenvalue weighted by Gasteiger charge is -2.20. The Labute approximate surface area is 183 Å². The van der Waals surface area contributed by atoms with Crippen LogP contribution in [0.5, 0.6) is 5.75 Å². The zero-order valence-corrected chi connectivity index (χ0v) is 17.4. The third kappa shape index (κ3) is 4.85. The second-order valence-electron chi connectivity index (χ2n) is 7.85. The quantitative estimate of drug-likeness (QED) is 0.367. The van der Waals surface area contributed by atoms with Crippen molar-refractivity contribution < 1.29 is 26.7 Å². The van der Waals surface area contributed by atoms with Gasteiger partial charge in [-0.25, -0.2) is 8.78 Å². The molecule has 0 heterocycles. The average Bonchev–Trinajstić information content (AvgIpc) is 2.73. The van der Waals surface area contributed by atoms with Crippen molar-refractivity contribution in [1.82, 2.24) is 0 Å². The molecule has 0 amide bonds. The van der Waals surface area contributed by atoms with Crippen LogP contribution in [0.2, 0.25) is 0 Å². The van der Waals surface area contributed by atoms with Crippen molar-refractivity contribution in [3.63, 3.8) is 0 Å². The summed E-state index contributed by atoms with van der Waals surface area (Å²) in [4.78, 5) is 0. The van der Waals surface area contributed by atoms with E-state index in [1.54, 1.807) is 18.2 Å². The first-order chi connectivity index (χ1) is 15.2. The fourth-order valence-electron chi connectivity index (χ4n) is 4.05. The first-order valence-electron chi connectivity index (χ1n) is 10.4. The molecule has 0 aromatic heterocycles. The number of benzene rings is 3. The van der Waals surface area contributed by atoms with Crippen LogP contribution in [0.1, 0.15) is 35.6 Å². The molecule has 3 aromatic rings. The molecule has 0 atom stereocenters. The van der Waals surface area contributed by atoms with Crippen molar-refractivity contribution >= 4 is 5.57 Å². The Hall–Kier alpha value is -3.15. The summed E-state index contributed by atoms with van der Waals surface area (Å²) in [5, 5.41) is 0. The first-order valence-corrected chi connectivity index (χ1v) is 10.4. The van der Waals surface area contributed by atoms with Crippen LogP contribution >= 0.6 is 0 Å². The van der Waals surface area contributed by atoms with Crippen LogP contribution in [-0.2, 0) is 19.3 Å².